The van der Waals surface area contributed by atoms with Crippen LogP contribution in [-0.2, 0) is 4.74 Å². The third-order valence-corrected chi connectivity index (χ3v) is 4.24. The zero-order chi connectivity index (χ0) is 16.7. The second-order valence-corrected chi connectivity index (χ2v) is 7.02. The molecule has 0 saturated heterocycles. The molecule has 4 heteroatoms. The molecular weight excluding hydrogens is 278 g/mol. The molecule has 132 valence electrons. The first-order chi connectivity index (χ1) is 10.5. The van der Waals surface area contributed by atoms with Gasteiger partial charge in [-0.05, 0) is 12.8 Å². The predicted octanol–water partition coefficient (Wildman–Crippen LogP) is 3.73. The van der Waals surface area contributed by atoms with Crippen molar-refractivity contribution in [1.29, 1.82) is 0 Å². The molecule has 0 atom stereocenters. The first-order valence-electron chi connectivity index (χ1n) is 9.14. The van der Waals surface area contributed by atoms with Crippen LogP contribution in [-0.4, -0.2) is 44.4 Å². The first kappa shape index (κ1) is 21.2. The van der Waals surface area contributed by atoms with E-state index < -0.39 is 6.16 Å². The van der Waals surface area contributed by atoms with Gasteiger partial charge in [-0.1, -0.05) is 58.3 Å². The van der Waals surface area contributed by atoms with Crippen LogP contribution in [0.25, 0.3) is 0 Å². The highest BCUT2D eigenvalue weighted by molar-refractivity contribution is 5.53. The van der Waals surface area contributed by atoms with Gasteiger partial charge in [-0.2, -0.15) is 0 Å². The highest BCUT2D eigenvalue weighted by Crippen LogP contribution is 2.11. The lowest BCUT2D eigenvalue weighted by atomic mass is 10.1. The molecule has 0 rings (SSSR count). The average Bonchev–Trinajstić information content (AvgIpc) is 2.45. The van der Waals surface area contributed by atoms with Crippen LogP contribution in [0.2, 0.25) is 0 Å². The maximum absolute atomic E-state index is 10.2. The lowest BCUT2D eigenvalue weighted by Gasteiger charge is -2.30. The van der Waals surface area contributed by atoms with Crippen molar-refractivity contribution in [2.75, 3.05) is 33.8 Å². The Labute approximate surface area is 137 Å². The van der Waals surface area contributed by atoms with E-state index in [4.69, 9.17) is 0 Å². The number of quaternary nitrogens is 1. The molecule has 0 aromatic carbocycles. The maximum Gasteiger partial charge on any atom is 0.251 e. The van der Waals surface area contributed by atoms with Crippen LogP contribution in [0.4, 0.5) is 4.79 Å². The topological polar surface area (TPSA) is 49.4 Å². The van der Waals surface area contributed by atoms with Gasteiger partial charge in [-0.15, -0.1) is 0 Å². The Morgan fingerprint density at radius 3 is 1.77 bits per heavy atom. The number of carboxylic acid groups (broad SMARTS) is 1. The van der Waals surface area contributed by atoms with Gasteiger partial charge >= 0.3 is 0 Å². The molecule has 0 aliphatic rings. The smallest absolute Gasteiger partial charge is 0.251 e. The standard InChI is InChI=1S/C18H37NO3/c1-4-5-6-7-8-9-10-11-12-13-15-19(2,3)16-14-17-22-18(20)21/h4-17H2,1-3H3. The van der Waals surface area contributed by atoms with Crippen molar-refractivity contribution in [3.8, 4) is 0 Å². The van der Waals surface area contributed by atoms with Crippen molar-refractivity contribution < 1.29 is 19.1 Å². The summed E-state index contributed by atoms with van der Waals surface area (Å²) in [5.74, 6) is 0. The van der Waals surface area contributed by atoms with E-state index in [0.29, 0.717) is 0 Å². The Balaban J connectivity index is 3.35. The van der Waals surface area contributed by atoms with Gasteiger partial charge < -0.3 is 19.1 Å². The van der Waals surface area contributed by atoms with Gasteiger partial charge in [-0.25, -0.2) is 0 Å². The molecule has 0 aromatic rings. The van der Waals surface area contributed by atoms with Crippen molar-refractivity contribution in [3.05, 3.63) is 0 Å². The molecule has 0 heterocycles. The Morgan fingerprint density at radius 2 is 1.27 bits per heavy atom. The minimum absolute atomic E-state index is 0.252. The number of ether oxygens (including phenoxy) is 1. The molecule has 0 N–H and O–H groups in total. The van der Waals surface area contributed by atoms with E-state index in [-0.39, 0.29) is 6.61 Å². The SMILES string of the molecule is CCCCCCCCCCCC[N+](C)(C)CCCOC(=O)[O-]. The second-order valence-electron chi connectivity index (χ2n) is 7.02. The first-order valence-corrected chi connectivity index (χ1v) is 9.14. The highest BCUT2D eigenvalue weighted by Gasteiger charge is 2.13. The molecule has 0 amide bonds. The lowest BCUT2D eigenvalue weighted by Crippen LogP contribution is -2.41. The number of hydrogen-bond acceptors (Lipinski definition) is 3. The molecule has 4 nitrogen and oxygen atoms in total. The maximum atomic E-state index is 10.2. The predicted molar refractivity (Wildman–Crippen MR) is 89.7 cm³/mol. The summed E-state index contributed by atoms with van der Waals surface area (Å²) in [7, 11) is 4.40. The molecule has 0 unspecified atom stereocenters. The van der Waals surface area contributed by atoms with Crippen LogP contribution in [0.15, 0.2) is 0 Å². The van der Waals surface area contributed by atoms with Crippen molar-refractivity contribution in [1.82, 2.24) is 0 Å². The van der Waals surface area contributed by atoms with Gasteiger partial charge in [-0.3, -0.25) is 0 Å². The summed E-state index contributed by atoms with van der Waals surface area (Å²) in [5.41, 5.74) is 0. The van der Waals surface area contributed by atoms with Crippen molar-refractivity contribution in [2.24, 2.45) is 0 Å². The molecular formula is C18H37NO3. The molecule has 0 spiro atoms. The Hall–Kier alpha value is -0.770. The molecule has 0 aliphatic heterocycles. The van der Waals surface area contributed by atoms with Crippen LogP contribution in [0.1, 0.15) is 77.6 Å². The number of hydrogen-bond donors (Lipinski definition) is 0. The van der Waals surface area contributed by atoms with E-state index in [1.807, 2.05) is 0 Å². The van der Waals surface area contributed by atoms with Gasteiger partial charge in [0.1, 0.15) is 0 Å². The number of carbonyl (C=O) groups excluding carboxylic acids is 1. The lowest BCUT2D eigenvalue weighted by molar-refractivity contribution is -0.890. The fraction of sp³-hybridized carbons (Fsp3) is 0.944. The summed E-state index contributed by atoms with van der Waals surface area (Å²) in [4.78, 5) is 10.2. The van der Waals surface area contributed by atoms with Crippen molar-refractivity contribution >= 4 is 6.16 Å². The van der Waals surface area contributed by atoms with E-state index in [9.17, 15) is 9.90 Å². The highest BCUT2D eigenvalue weighted by atomic mass is 16.7. The van der Waals surface area contributed by atoms with Crippen LogP contribution < -0.4 is 5.11 Å². The Bertz CT molecular complexity index is 267. The second kappa shape index (κ2) is 13.9. The van der Waals surface area contributed by atoms with E-state index in [0.717, 1.165) is 24.0 Å². The van der Waals surface area contributed by atoms with Crippen LogP contribution in [0.5, 0.6) is 0 Å². The minimum Gasteiger partial charge on any atom is -0.549 e. The molecule has 0 aliphatic carbocycles. The largest absolute Gasteiger partial charge is 0.549 e. The zero-order valence-electron chi connectivity index (χ0n) is 15.1. The average molecular weight is 315 g/mol. The fourth-order valence-electron chi connectivity index (χ4n) is 2.79. The summed E-state index contributed by atoms with van der Waals surface area (Å²) in [6.45, 7) is 4.62. The van der Waals surface area contributed by atoms with E-state index in [1.165, 1.54) is 64.2 Å². The van der Waals surface area contributed by atoms with Crippen molar-refractivity contribution in [3.63, 3.8) is 0 Å². The van der Waals surface area contributed by atoms with E-state index in [1.54, 1.807) is 0 Å². The monoisotopic (exact) mass is 315 g/mol. The summed E-state index contributed by atoms with van der Waals surface area (Å²) >= 11 is 0. The zero-order valence-corrected chi connectivity index (χ0v) is 15.1. The quantitative estimate of drug-likeness (QED) is 0.263. The van der Waals surface area contributed by atoms with Crippen LogP contribution in [0.3, 0.4) is 0 Å². The summed E-state index contributed by atoms with van der Waals surface area (Å²) in [6, 6.07) is 0. The fourth-order valence-corrected chi connectivity index (χ4v) is 2.79. The summed E-state index contributed by atoms with van der Waals surface area (Å²) < 4.78 is 5.38. The third-order valence-electron chi connectivity index (χ3n) is 4.24. The molecule has 0 saturated carbocycles. The van der Waals surface area contributed by atoms with Gasteiger partial charge in [0.25, 0.3) is 6.16 Å². The van der Waals surface area contributed by atoms with Crippen molar-refractivity contribution in [2.45, 2.75) is 77.6 Å². The van der Waals surface area contributed by atoms with E-state index in [2.05, 4.69) is 25.8 Å². The number of unbranched alkanes of at least 4 members (excludes halogenated alkanes) is 9. The van der Waals surface area contributed by atoms with Crippen LogP contribution >= 0.6 is 0 Å². The third kappa shape index (κ3) is 15.6. The minimum atomic E-state index is -1.42. The Kier molecular flexibility index (Phi) is 13.4. The molecule has 0 fully saturated rings. The molecule has 0 bridgehead atoms. The normalized spacial score (nSPS) is 11.6. The van der Waals surface area contributed by atoms with Gasteiger partial charge in [0.2, 0.25) is 0 Å². The molecule has 0 aromatic heterocycles. The van der Waals surface area contributed by atoms with Gasteiger partial charge in [0.15, 0.2) is 0 Å². The van der Waals surface area contributed by atoms with Gasteiger partial charge in [0.05, 0.1) is 27.2 Å². The summed E-state index contributed by atoms with van der Waals surface area (Å²) in [6.07, 6.45) is 13.0. The number of carbonyl (C=O) groups is 1. The molecule has 22 heavy (non-hydrogen) atoms. The number of rotatable bonds is 15. The van der Waals surface area contributed by atoms with Crippen LogP contribution in [0, 0.1) is 0 Å². The Morgan fingerprint density at radius 1 is 0.818 bits per heavy atom. The summed E-state index contributed by atoms with van der Waals surface area (Å²) in [5, 5.41) is 10.2. The van der Waals surface area contributed by atoms with E-state index >= 15 is 0 Å². The number of nitrogens with zero attached hydrogens (tertiary/aromatic N) is 1. The van der Waals surface area contributed by atoms with Gasteiger partial charge in [0, 0.05) is 13.0 Å². The molecule has 0 radical (unpaired) electrons.